The van der Waals surface area contributed by atoms with Crippen LogP contribution in [-0.4, -0.2) is 48.3 Å². The van der Waals surface area contributed by atoms with E-state index in [1.807, 2.05) is 0 Å². The van der Waals surface area contributed by atoms with Crippen LogP contribution in [0.2, 0.25) is 0 Å². The molecule has 0 aliphatic heterocycles. The summed E-state index contributed by atoms with van der Waals surface area (Å²) in [6.45, 7) is 10.0. The molecule has 0 aromatic carbocycles. The molecule has 0 spiro atoms. The Labute approximate surface area is 307 Å². The predicted molar refractivity (Wildman–Crippen MR) is 216 cm³/mol. The lowest BCUT2D eigenvalue weighted by Gasteiger charge is -2.21. The van der Waals surface area contributed by atoms with Crippen molar-refractivity contribution in [3.63, 3.8) is 0 Å². The molecule has 0 amide bonds. The fourth-order valence-electron chi connectivity index (χ4n) is 6.75. The van der Waals surface area contributed by atoms with Gasteiger partial charge in [0.15, 0.2) is 0 Å². The Morgan fingerprint density at radius 1 is 0.510 bits per heavy atom. The molecule has 0 rings (SSSR count). The zero-order valence-electron chi connectivity index (χ0n) is 33.6. The second-order valence-electron chi connectivity index (χ2n) is 14.9. The van der Waals surface area contributed by atoms with Crippen LogP contribution >= 0.6 is 0 Å². The van der Waals surface area contributed by atoms with Crippen LogP contribution in [0.3, 0.4) is 0 Å². The first kappa shape index (κ1) is 47.9. The number of unbranched alkanes of at least 4 members (excludes halogenated alkanes) is 23. The minimum Gasteiger partial charge on any atom is -0.462 e. The summed E-state index contributed by atoms with van der Waals surface area (Å²) < 4.78 is 6.03. The molecule has 0 unspecified atom stereocenters. The number of esters is 1. The number of ether oxygens (including phenoxy) is 1. The average molecular weight is 690 g/mol. The number of carbonyl (C=O) groups is 1. The van der Waals surface area contributed by atoms with Gasteiger partial charge in [0.25, 0.3) is 0 Å². The molecule has 1 N–H and O–H groups in total. The third kappa shape index (κ3) is 37.9. The van der Waals surface area contributed by atoms with E-state index in [4.69, 9.17) is 4.74 Å². The van der Waals surface area contributed by atoms with Gasteiger partial charge < -0.3 is 14.7 Å². The van der Waals surface area contributed by atoms with E-state index in [0.717, 1.165) is 51.7 Å². The van der Waals surface area contributed by atoms with Gasteiger partial charge in [-0.3, -0.25) is 4.79 Å². The summed E-state index contributed by atoms with van der Waals surface area (Å²) in [6, 6.07) is 0. The van der Waals surface area contributed by atoms with Crippen molar-refractivity contribution in [2.45, 2.75) is 232 Å². The van der Waals surface area contributed by atoms with Gasteiger partial charge in [-0.25, -0.2) is 0 Å². The highest BCUT2D eigenvalue weighted by Gasteiger charge is 2.14. The van der Waals surface area contributed by atoms with E-state index in [9.17, 15) is 9.90 Å². The van der Waals surface area contributed by atoms with Crippen molar-refractivity contribution in [3.05, 3.63) is 24.3 Å². The normalized spacial score (nSPS) is 12.0. The highest BCUT2D eigenvalue weighted by molar-refractivity contribution is 5.69. The van der Waals surface area contributed by atoms with Gasteiger partial charge in [0.2, 0.25) is 0 Å². The van der Waals surface area contributed by atoms with Crippen LogP contribution in [0.15, 0.2) is 24.3 Å². The summed E-state index contributed by atoms with van der Waals surface area (Å²) in [4.78, 5) is 15.1. The minimum atomic E-state index is 0.0318. The fourth-order valence-corrected chi connectivity index (χ4v) is 6.75. The van der Waals surface area contributed by atoms with Crippen molar-refractivity contribution < 1.29 is 14.6 Å². The minimum absolute atomic E-state index is 0.0318. The van der Waals surface area contributed by atoms with Gasteiger partial charge in [-0.15, -0.1) is 0 Å². The van der Waals surface area contributed by atoms with E-state index in [-0.39, 0.29) is 18.7 Å². The molecule has 0 aromatic heterocycles. The molecular formula is C45H87NO3. The van der Waals surface area contributed by atoms with Crippen molar-refractivity contribution in [2.24, 2.45) is 0 Å². The summed E-state index contributed by atoms with van der Waals surface area (Å²) in [5.41, 5.74) is 0. The van der Waals surface area contributed by atoms with Gasteiger partial charge in [0.05, 0.1) is 6.61 Å². The van der Waals surface area contributed by atoms with Crippen molar-refractivity contribution in [3.8, 4) is 0 Å². The lowest BCUT2D eigenvalue weighted by atomic mass is 10.0. The number of carbonyl (C=O) groups excluding carboxylic acids is 1. The molecule has 0 bridgehead atoms. The second-order valence-corrected chi connectivity index (χ2v) is 14.9. The predicted octanol–water partition coefficient (Wildman–Crippen LogP) is 13.8. The molecule has 0 aromatic rings. The first-order valence-corrected chi connectivity index (χ1v) is 22.0. The molecule has 0 saturated heterocycles. The van der Waals surface area contributed by atoms with E-state index in [0.29, 0.717) is 6.42 Å². The Morgan fingerprint density at radius 3 is 1.43 bits per heavy atom. The van der Waals surface area contributed by atoms with Gasteiger partial charge in [0, 0.05) is 13.0 Å². The molecule has 0 aliphatic carbocycles. The van der Waals surface area contributed by atoms with Crippen LogP contribution in [-0.2, 0) is 9.53 Å². The highest BCUT2D eigenvalue weighted by Crippen LogP contribution is 2.18. The third-order valence-electron chi connectivity index (χ3n) is 10.0. The number of aliphatic hydroxyl groups excluding tert-OH is 1. The average Bonchev–Trinajstić information content (AvgIpc) is 3.10. The van der Waals surface area contributed by atoms with Gasteiger partial charge in [-0.1, -0.05) is 167 Å². The van der Waals surface area contributed by atoms with Crippen LogP contribution in [0.25, 0.3) is 0 Å². The molecule has 0 saturated carbocycles. The molecular weight excluding hydrogens is 602 g/mol. The van der Waals surface area contributed by atoms with Gasteiger partial charge in [0.1, 0.15) is 6.10 Å². The van der Waals surface area contributed by atoms with Crippen LogP contribution < -0.4 is 0 Å². The van der Waals surface area contributed by atoms with Crippen LogP contribution in [0, 0.1) is 0 Å². The molecule has 49 heavy (non-hydrogen) atoms. The number of hydrogen-bond donors (Lipinski definition) is 1. The summed E-state index contributed by atoms with van der Waals surface area (Å²) in [7, 11) is 0. The molecule has 4 nitrogen and oxygen atoms in total. The van der Waals surface area contributed by atoms with Crippen molar-refractivity contribution in [1.82, 2.24) is 4.90 Å². The van der Waals surface area contributed by atoms with E-state index < -0.39 is 0 Å². The molecule has 0 fully saturated rings. The monoisotopic (exact) mass is 690 g/mol. The fraction of sp³-hybridized carbons (Fsp3) is 0.889. The summed E-state index contributed by atoms with van der Waals surface area (Å²) in [5.74, 6) is 0.0318. The Morgan fingerprint density at radius 2 is 0.918 bits per heavy atom. The zero-order chi connectivity index (χ0) is 35.7. The van der Waals surface area contributed by atoms with Crippen molar-refractivity contribution in [1.29, 1.82) is 0 Å². The Bertz CT molecular complexity index is 689. The standard InChI is InChI=1S/C45H87NO3/c1-4-7-10-13-16-17-18-19-20-21-22-23-24-25-30-35-40-46(42-43-47)41-36-31-26-29-34-39-45(48)49-44(37-32-27-14-11-8-5-2)38-33-28-15-12-9-6-3/h16-17,19-20,44,47H,4-15,18,21-43H2,1-3H3/b17-16+,20-19+. The number of aliphatic hydroxyl groups is 1. The Kier molecular flexibility index (Phi) is 40.3. The van der Waals surface area contributed by atoms with Crippen molar-refractivity contribution in [2.75, 3.05) is 26.2 Å². The van der Waals surface area contributed by atoms with Gasteiger partial charge >= 0.3 is 5.97 Å². The zero-order valence-corrected chi connectivity index (χ0v) is 33.6. The first-order valence-electron chi connectivity index (χ1n) is 22.0. The SMILES string of the molecule is CCCCC/C=C/C/C=C/CCCCCCCCN(CCO)CCCCCCCC(=O)OC(CCCCCCCC)CCCCCCCC. The summed E-state index contributed by atoms with van der Waals surface area (Å²) >= 11 is 0. The number of rotatable bonds is 40. The van der Waals surface area contributed by atoms with Gasteiger partial charge in [-0.2, -0.15) is 0 Å². The Hall–Kier alpha value is -1.13. The van der Waals surface area contributed by atoms with Crippen molar-refractivity contribution >= 4 is 5.97 Å². The van der Waals surface area contributed by atoms with Gasteiger partial charge in [-0.05, 0) is 90.1 Å². The van der Waals surface area contributed by atoms with E-state index in [2.05, 4.69) is 50.0 Å². The first-order chi connectivity index (χ1) is 24.2. The summed E-state index contributed by atoms with van der Waals surface area (Å²) in [5, 5.41) is 9.55. The lowest BCUT2D eigenvalue weighted by Crippen LogP contribution is -2.29. The molecule has 0 heterocycles. The lowest BCUT2D eigenvalue weighted by molar-refractivity contribution is -0.150. The largest absolute Gasteiger partial charge is 0.462 e. The number of allylic oxidation sites excluding steroid dienone is 4. The Balaban J connectivity index is 3.94. The second kappa shape index (κ2) is 41.3. The summed E-state index contributed by atoms with van der Waals surface area (Å²) in [6.07, 6.45) is 48.7. The maximum atomic E-state index is 12.7. The topological polar surface area (TPSA) is 49.8 Å². The van der Waals surface area contributed by atoms with Crippen LogP contribution in [0.1, 0.15) is 226 Å². The third-order valence-corrected chi connectivity index (χ3v) is 10.0. The molecule has 4 heteroatoms. The van der Waals surface area contributed by atoms with E-state index >= 15 is 0 Å². The highest BCUT2D eigenvalue weighted by atomic mass is 16.5. The van der Waals surface area contributed by atoms with Crippen LogP contribution in [0.4, 0.5) is 0 Å². The van der Waals surface area contributed by atoms with E-state index in [1.165, 1.54) is 167 Å². The molecule has 290 valence electrons. The van der Waals surface area contributed by atoms with Crippen LogP contribution in [0.5, 0.6) is 0 Å². The number of nitrogens with zero attached hydrogens (tertiary/aromatic N) is 1. The molecule has 0 atom stereocenters. The maximum Gasteiger partial charge on any atom is 0.306 e. The quantitative estimate of drug-likeness (QED) is 0.0395. The maximum absolute atomic E-state index is 12.7. The van der Waals surface area contributed by atoms with E-state index in [1.54, 1.807) is 0 Å². The molecule has 0 radical (unpaired) electrons. The smallest absolute Gasteiger partial charge is 0.306 e. The molecule has 0 aliphatic rings. The number of hydrogen-bond acceptors (Lipinski definition) is 4.